The van der Waals surface area contributed by atoms with E-state index in [1.54, 1.807) is 4.90 Å². The summed E-state index contributed by atoms with van der Waals surface area (Å²) in [6.07, 6.45) is 4.16. The van der Waals surface area contributed by atoms with E-state index in [2.05, 4.69) is 32.0 Å². The normalized spacial score (nSPS) is 19.2. The van der Waals surface area contributed by atoms with Gasteiger partial charge in [0.25, 0.3) is 5.91 Å². The van der Waals surface area contributed by atoms with Crippen LogP contribution in [0.1, 0.15) is 52.1 Å². The minimum atomic E-state index is -0.821. The van der Waals surface area contributed by atoms with Gasteiger partial charge in [0, 0.05) is 24.3 Å². The van der Waals surface area contributed by atoms with Crippen LogP contribution in [0.25, 0.3) is 5.69 Å². The molecule has 2 aliphatic rings. The number of carboxylic acid groups (broad SMARTS) is 1. The fraction of sp³-hybridized carbons (Fsp3) is 0.476. The summed E-state index contributed by atoms with van der Waals surface area (Å²) in [7, 11) is 0. The number of benzene rings is 1. The summed E-state index contributed by atoms with van der Waals surface area (Å²) >= 11 is 0. The van der Waals surface area contributed by atoms with Crippen LogP contribution in [0.3, 0.4) is 0 Å². The molecule has 1 unspecified atom stereocenters. The largest absolute Gasteiger partial charge is 0.481 e. The summed E-state index contributed by atoms with van der Waals surface area (Å²) in [5.74, 6) is -1.42. The number of likely N-dealkylation sites (tertiary alicyclic amines) is 1. The van der Waals surface area contributed by atoms with E-state index in [4.69, 9.17) is 5.10 Å². The molecule has 0 spiro atoms. The van der Waals surface area contributed by atoms with E-state index in [0.29, 0.717) is 18.7 Å². The van der Waals surface area contributed by atoms with E-state index in [9.17, 15) is 14.7 Å². The molecule has 1 fully saturated rings. The first-order chi connectivity index (χ1) is 13.0. The molecule has 1 aromatic carbocycles. The van der Waals surface area contributed by atoms with Gasteiger partial charge in [0.15, 0.2) is 5.69 Å². The van der Waals surface area contributed by atoms with Crippen molar-refractivity contribution in [2.24, 2.45) is 5.92 Å². The van der Waals surface area contributed by atoms with Gasteiger partial charge in [-0.25, -0.2) is 4.68 Å². The molecule has 6 heteroatoms. The molecule has 2 aromatic rings. The Morgan fingerprint density at radius 2 is 2.00 bits per heavy atom. The third-order valence-corrected chi connectivity index (χ3v) is 5.77. The van der Waals surface area contributed by atoms with Crippen molar-refractivity contribution in [3.63, 3.8) is 0 Å². The summed E-state index contributed by atoms with van der Waals surface area (Å²) in [6, 6.07) is 6.25. The molecule has 0 bridgehead atoms. The standard InChI is InChI=1S/C21H25N3O3/c1-13-8-9-17(14(2)11-13)24-18-7-3-6-16(18)19(22-24)20(25)23-10-4-5-15(12-23)21(26)27/h8-9,11,15H,3-7,10,12H2,1-2H3,(H,26,27). The second kappa shape index (κ2) is 6.83. The molecule has 142 valence electrons. The van der Waals surface area contributed by atoms with Crippen LogP contribution in [0.5, 0.6) is 0 Å². The highest BCUT2D eigenvalue weighted by Gasteiger charge is 2.33. The number of carboxylic acids is 1. The van der Waals surface area contributed by atoms with E-state index in [-0.39, 0.29) is 12.5 Å². The van der Waals surface area contributed by atoms with Gasteiger partial charge >= 0.3 is 5.97 Å². The molecule has 2 heterocycles. The fourth-order valence-corrected chi connectivity index (χ4v) is 4.36. The van der Waals surface area contributed by atoms with Crippen LogP contribution in [-0.4, -0.2) is 44.8 Å². The zero-order valence-corrected chi connectivity index (χ0v) is 15.9. The lowest BCUT2D eigenvalue weighted by Gasteiger charge is -2.30. The van der Waals surface area contributed by atoms with Crippen molar-refractivity contribution >= 4 is 11.9 Å². The number of nitrogens with zero attached hydrogens (tertiary/aromatic N) is 3. The van der Waals surface area contributed by atoms with Crippen molar-refractivity contribution in [3.8, 4) is 5.69 Å². The van der Waals surface area contributed by atoms with Crippen LogP contribution in [0.4, 0.5) is 0 Å². The number of aryl methyl sites for hydroxylation is 2. The molecule has 4 rings (SSSR count). The molecule has 0 radical (unpaired) electrons. The fourth-order valence-electron chi connectivity index (χ4n) is 4.36. The lowest BCUT2D eigenvalue weighted by atomic mass is 9.98. The summed E-state index contributed by atoms with van der Waals surface area (Å²) in [5.41, 5.74) is 6.02. The minimum absolute atomic E-state index is 0.123. The number of rotatable bonds is 3. The lowest BCUT2D eigenvalue weighted by molar-refractivity contribution is -0.143. The van der Waals surface area contributed by atoms with Crippen LogP contribution in [0.2, 0.25) is 0 Å². The van der Waals surface area contributed by atoms with Crippen LogP contribution in [-0.2, 0) is 17.6 Å². The Morgan fingerprint density at radius 3 is 2.74 bits per heavy atom. The molecule has 0 saturated carbocycles. The van der Waals surface area contributed by atoms with Gasteiger partial charge in [0.05, 0.1) is 11.6 Å². The first-order valence-corrected chi connectivity index (χ1v) is 9.66. The first kappa shape index (κ1) is 17.8. The van der Waals surface area contributed by atoms with E-state index >= 15 is 0 Å². The number of hydrogen-bond acceptors (Lipinski definition) is 3. The Kier molecular flexibility index (Phi) is 4.50. The van der Waals surface area contributed by atoms with E-state index < -0.39 is 11.9 Å². The first-order valence-electron chi connectivity index (χ1n) is 9.66. The van der Waals surface area contributed by atoms with Gasteiger partial charge in [-0.3, -0.25) is 9.59 Å². The molecular weight excluding hydrogens is 342 g/mol. The second-order valence-corrected chi connectivity index (χ2v) is 7.76. The Balaban J connectivity index is 1.70. The number of fused-ring (bicyclic) bond motifs is 1. The zero-order valence-electron chi connectivity index (χ0n) is 15.9. The predicted octanol–water partition coefficient (Wildman–Crippen LogP) is 2.91. The number of carbonyl (C=O) groups excluding carboxylic acids is 1. The number of aromatic nitrogens is 2. The van der Waals surface area contributed by atoms with E-state index in [1.807, 2.05) is 4.68 Å². The molecule has 1 amide bonds. The van der Waals surface area contributed by atoms with Gasteiger partial charge in [-0.15, -0.1) is 0 Å². The Hall–Kier alpha value is -2.63. The minimum Gasteiger partial charge on any atom is -0.481 e. The molecular formula is C21H25N3O3. The maximum atomic E-state index is 13.2. The van der Waals surface area contributed by atoms with Crippen LogP contribution in [0, 0.1) is 19.8 Å². The topological polar surface area (TPSA) is 75.4 Å². The lowest BCUT2D eigenvalue weighted by Crippen LogP contribution is -2.42. The zero-order chi connectivity index (χ0) is 19.1. The molecule has 1 aliphatic carbocycles. The van der Waals surface area contributed by atoms with Gasteiger partial charge < -0.3 is 10.0 Å². The van der Waals surface area contributed by atoms with Gasteiger partial charge in [-0.2, -0.15) is 5.10 Å². The highest BCUT2D eigenvalue weighted by atomic mass is 16.4. The SMILES string of the molecule is Cc1ccc(-n2nc(C(=O)N3CCCC(C(=O)O)C3)c3c2CCC3)c(C)c1. The highest BCUT2D eigenvalue weighted by Crippen LogP contribution is 2.30. The second-order valence-electron chi connectivity index (χ2n) is 7.76. The molecule has 1 saturated heterocycles. The quantitative estimate of drug-likeness (QED) is 0.905. The molecule has 6 nitrogen and oxygen atoms in total. The summed E-state index contributed by atoms with van der Waals surface area (Å²) < 4.78 is 1.93. The van der Waals surface area contributed by atoms with Crippen molar-refractivity contribution < 1.29 is 14.7 Å². The smallest absolute Gasteiger partial charge is 0.308 e. The van der Waals surface area contributed by atoms with Gasteiger partial charge in [-0.05, 0) is 57.6 Å². The molecule has 1 aromatic heterocycles. The third-order valence-electron chi connectivity index (χ3n) is 5.77. The Morgan fingerprint density at radius 1 is 1.19 bits per heavy atom. The molecule has 27 heavy (non-hydrogen) atoms. The highest BCUT2D eigenvalue weighted by molar-refractivity contribution is 5.94. The number of aliphatic carboxylic acids is 1. The number of hydrogen-bond donors (Lipinski definition) is 1. The number of carbonyl (C=O) groups is 2. The van der Waals surface area contributed by atoms with Gasteiger partial charge in [0.2, 0.25) is 0 Å². The van der Waals surface area contributed by atoms with Crippen molar-refractivity contribution in [3.05, 3.63) is 46.3 Å². The van der Waals surface area contributed by atoms with Crippen molar-refractivity contribution in [1.82, 2.24) is 14.7 Å². The monoisotopic (exact) mass is 367 g/mol. The molecule has 1 N–H and O–H groups in total. The maximum absolute atomic E-state index is 13.2. The summed E-state index contributed by atoms with van der Waals surface area (Å²) in [4.78, 5) is 26.2. The van der Waals surface area contributed by atoms with Crippen LogP contribution in [0.15, 0.2) is 18.2 Å². The summed E-state index contributed by atoms with van der Waals surface area (Å²) in [5, 5.41) is 14.0. The molecule has 1 aliphatic heterocycles. The Bertz CT molecular complexity index is 916. The Labute approximate surface area is 158 Å². The molecule has 1 atom stereocenters. The van der Waals surface area contributed by atoms with Crippen LogP contribution < -0.4 is 0 Å². The van der Waals surface area contributed by atoms with E-state index in [1.165, 1.54) is 5.56 Å². The van der Waals surface area contributed by atoms with Crippen molar-refractivity contribution in [2.45, 2.75) is 46.0 Å². The summed E-state index contributed by atoms with van der Waals surface area (Å²) in [6.45, 7) is 5.01. The van der Waals surface area contributed by atoms with Crippen molar-refractivity contribution in [1.29, 1.82) is 0 Å². The van der Waals surface area contributed by atoms with Gasteiger partial charge in [0.1, 0.15) is 0 Å². The van der Waals surface area contributed by atoms with Crippen LogP contribution >= 0.6 is 0 Å². The number of piperidine rings is 1. The average molecular weight is 367 g/mol. The average Bonchev–Trinajstić information content (AvgIpc) is 3.24. The number of amides is 1. The van der Waals surface area contributed by atoms with Gasteiger partial charge in [-0.1, -0.05) is 17.7 Å². The van der Waals surface area contributed by atoms with Crippen molar-refractivity contribution in [2.75, 3.05) is 13.1 Å². The predicted molar refractivity (Wildman–Crippen MR) is 101 cm³/mol. The third kappa shape index (κ3) is 3.13. The maximum Gasteiger partial charge on any atom is 0.308 e. The van der Waals surface area contributed by atoms with E-state index in [0.717, 1.165) is 48.2 Å².